The summed E-state index contributed by atoms with van der Waals surface area (Å²) in [7, 11) is 0. The zero-order valence-electron chi connectivity index (χ0n) is 26.2. The first-order valence-electron chi connectivity index (χ1n) is 15.7. The second-order valence-corrected chi connectivity index (χ2v) is 12.0. The summed E-state index contributed by atoms with van der Waals surface area (Å²) in [6.45, 7) is 1.03. The molecule has 0 spiro atoms. The lowest BCUT2D eigenvalue weighted by atomic mass is 9.92. The Labute approximate surface area is 276 Å². The number of nitrogens with zero attached hydrogens (tertiary/aromatic N) is 4. The van der Waals surface area contributed by atoms with Crippen LogP contribution in [0, 0.1) is 5.92 Å². The largest absolute Gasteiger partial charge is 0.481 e. The zero-order valence-corrected chi connectivity index (χ0v) is 26.2. The maximum Gasteiger partial charge on any atom is 0.451 e. The number of carbonyl (C=O) groups excluding carboxylic acids is 2. The normalized spacial score (nSPS) is 17.6. The van der Waals surface area contributed by atoms with Crippen LogP contribution in [0.4, 0.5) is 38.0 Å². The second-order valence-electron chi connectivity index (χ2n) is 12.0. The molecule has 12 nitrogen and oxygen atoms in total. The number of halogens is 6. The number of rotatable bonds is 14. The highest BCUT2D eigenvalue weighted by atomic mass is 19.4. The lowest BCUT2D eigenvalue weighted by Gasteiger charge is -2.41. The van der Waals surface area contributed by atoms with Gasteiger partial charge in [-0.2, -0.15) is 26.3 Å². The first kappa shape index (κ1) is 37.2. The molecule has 2 aliphatic heterocycles. The number of benzene rings is 1. The lowest BCUT2D eigenvalue weighted by molar-refractivity contribution is -0.145. The van der Waals surface area contributed by atoms with Crippen molar-refractivity contribution in [2.24, 2.45) is 5.92 Å². The van der Waals surface area contributed by atoms with Crippen LogP contribution >= 0.6 is 0 Å². The average molecular weight is 703 g/mol. The minimum Gasteiger partial charge on any atom is -0.481 e. The van der Waals surface area contributed by atoms with Crippen LogP contribution in [0.15, 0.2) is 30.3 Å². The summed E-state index contributed by atoms with van der Waals surface area (Å²) in [5.74, 6) is -4.88. The van der Waals surface area contributed by atoms with Crippen molar-refractivity contribution in [1.29, 1.82) is 0 Å². The molecule has 2 aliphatic rings. The molecule has 2 saturated heterocycles. The monoisotopic (exact) mass is 702 g/mol. The van der Waals surface area contributed by atoms with Gasteiger partial charge in [-0.1, -0.05) is 12.1 Å². The summed E-state index contributed by atoms with van der Waals surface area (Å²) < 4.78 is 79.9. The van der Waals surface area contributed by atoms with E-state index in [9.17, 15) is 50.6 Å². The minimum atomic E-state index is -4.86. The first-order valence-corrected chi connectivity index (χ1v) is 15.7. The molecule has 0 aliphatic carbocycles. The number of aliphatic carboxylic acids is 2. The van der Waals surface area contributed by atoms with Crippen LogP contribution in [0.1, 0.15) is 61.9 Å². The topological polar surface area (TPSA) is 165 Å². The predicted molar refractivity (Wildman–Crippen MR) is 162 cm³/mol. The molecule has 0 saturated carbocycles. The smallest absolute Gasteiger partial charge is 0.451 e. The molecule has 0 radical (unpaired) electrons. The van der Waals surface area contributed by atoms with Crippen molar-refractivity contribution in [2.45, 2.75) is 75.8 Å². The molecule has 4 rings (SSSR count). The third kappa shape index (κ3) is 10.4. The molecule has 49 heavy (non-hydrogen) atoms. The van der Waals surface area contributed by atoms with Crippen LogP contribution < -0.4 is 20.4 Å². The zero-order chi connectivity index (χ0) is 35.9. The fourth-order valence-electron chi connectivity index (χ4n) is 5.68. The highest BCUT2D eigenvalue weighted by Gasteiger charge is 2.40. The maximum atomic E-state index is 13.8. The predicted octanol–water partition coefficient (Wildman–Crippen LogP) is 3.88. The van der Waals surface area contributed by atoms with Gasteiger partial charge in [0.15, 0.2) is 0 Å². The molecule has 0 bridgehead atoms. The van der Waals surface area contributed by atoms with Crippen LogP contribution in [0.3, 0.4) is 0 Å². The number of hydrogen-bond acceptors (Lipinski definition) is 8. The van der Waals surface area contributed by atoms with E-state index in [-0.39, 0.29) is 49.9 Å². The van der Waals surface area contributed by atoms with Gasteiger partial charge in [0.2, 0.25) is 17.6 Å². The highest BCUT2D eigenvalue weighted by molar-refractivity contribution is 5.87. The molecular weight excluding hydrogens is 666 g/mol. The summed E-state index contributed by atoms with van der Waals surface area (Å²) in [6.07, 6.45) is -7.96. The van der Waals surface area contributed by atoms with E-state index < -0.39 is 66.0 Å². The Kier molecular flexibility index (Phi) is 11.9. The molecule has 18 heteroatoms. The summed E-state index contributed by atoms with van der Waals surface area (Å²) in [6, 6.07) is 3.80. The number of aromatic nitrogens is 2. The molecule has 3 heterocycles. The standard InChI is InChI=1S/C31H36F6N6O6/c32-30(33,34)20-4-1-18(2-5-20)9-13-38-27(47)22-12-16-43(22)24-17-23(40-29(41-24)31(35,36)37)42-14-10-19(11-15-42)3-7-25(44)39-21(28(48)49)6-8-26(45)46/h1-2,4-5,17,19,21-22H,3,6-16H2,(H,38,47)(H,39,44)(H,45,46)(H,48,49)/t21-,22-/m0/s1. The third-order valence-electron chi connectivity index (χ3n) is 8.56. The van der Waals surface area contributed by atoms with Gasteiger partial charge in [-0.05, 0) is 62.1 Å². The van der Waals surface area contributed by atoms with Crippen LogP contribution in [-0.4, -0.2) is 82.2 Å². The number of nitrogens with one attached hydrogen (secondary N) is 2. The van der Waals surface area contributed by atoms with Crippen LogP contribution in [0.2, 0.25) is 0 Å². The van der Waals surface area contributed by atoms with Crippen molar-refractivity contribution in [1.82, 2.24) is 20.6 Å². The van der Waals surface area contributed by atoms with Crippen molar-refractivity contribution >= 4 is 35.4 Å². The van der Waals surface area contributed by atoms with E-state index in [2.05, 4.69) is 20.6 Å². The molecule has 0 unspecified atom stereocenters. The van der Waals surface area contributed by atoms with Crippen LogP contribution in [0.25, 0.3) is 0 Å². The van der Waals surface area contributed by atoms with Gasteiger partial charge in [-0.15, -0.1) is 0 Å². The van der Waals surface area contributed by atoms with Crippen molar-refractivity contribution in [3.05, 3.63) is 47.3 Å². The van der Waals surface area contributed by atoms with Gasteiger partial charge in [-0.25, -0.2) is 14.8 Å². The van der Waals surface area contributed by atoms with E-state index in [1.807, 2.05) is 0 Å². The van der Waals surface area contributed by atoms with Crippen molar-refractivity contribution in [3.63, 3.8) is 0 Å². The van der Waals surface area contributed by atoms with E-state index in [0.29, 0.717) is 44.3 Å². The van der Waals surface area contributed by atoms with Gasteiger partial charge in [0.1, 0.15) is 23.7 Å². The van der Waals surface area contributed by atoms with Crippen molar-refractivity contribution < 1.29 is 55.7 Å². The quantitative estimate of drug-likeness (QED) is 0.213. The number of alkyl halides is 6. The Morgan fingerprint density at radius 2 is 1.53 bits per heavy atom. The second kappa shape index (κ2) is 15.7. The van der Waals surface area contributed by atoms with Crippen LogP contribution in [0.5, 0.6) is 0 Å². The van der Waals surface area contributed by atoms with Gasteiger partial charge in [0, 0.05) is 45.1 Å². The van der Waals surface area contributed by atoms with Gasteiger partial charge in [-0.3, -0.25) is 14.4 Å². The molecule has 268 valence electrons. The van der Waals surface area contributed by atoms with E-state index in [1.54, 1.807) is 4.90 Å². The SMILES string of the molecule is O=C(O)CC[C@H](NC(=O)CCC1CCN(c2cc(N3CC[C@H]3C(=O)NCCc3ccc(C(F)(F)F)cc3)nc(C(F)(F)F)n2)CC1)C(=O)O. The molecule has 1 aromatic carbocycles. The van der Waals surface area contributed by atoms with Crippen molar-refractivity contribution in [3.8, 4) is 0 Å². The average Bonchev–Trinajstić information content (AvgIpc) is 3.01. The third-order valence-corrected chi connectivity index (χ3v) is 8.56. The summed E-state index contributed by atoms with van der Waals surface area (Å²) in [5.41, 5.74) is -0.220. The van der Waals surface area contributed by atoms with E-state index in [4.69, 9.17) is 5.11 Å². The van der Waals surface area contributed by atoms with E-state index in [1.165, 1.54) is 23.1 Å². The van der Waals surface area contributed by atoms with Gasteiger partial charge in [0.25, 0.3) is 0 Å². The number of amides is 2. The summed E-state index contributed by atoms with van der Waals surface area (Å²) >= 11 is 0. The Hall–Kier alpha value is -4.64. The molecule has 4 N–H and O–H groups in total. The molecule has 2 fully saturated rings. The fourth-order valence-corrected chi connectivity index (χ4v) is 5.68. The minimum absolute atomic E-state index is 0.000144. The maximum absolute atomic E-state index is 13.8. The Bertz CT molecular complexity index is 1500. The number of carbonyl (C=O) groups is 4. The van der Waals surface area contributed by atoms with Crippen LogP contribution in [-0.2, 0) is 38.0 Å². The summed E-state index contributed by atoms with van der Waals surface area (Å²) in [4.78, 5) is 57.8. The molecule has 2 amide bonds. The molecule has 2 aromatic rings. The number of anilines is 2. The lowest BCUT2D eigenvalue weighted by Crippen LogP contribution is -2.57. The Balaban J connectivity index is 1.32. The molecule has 1 aromatic heterocycles. The van der Waals surface area contributed by atoms with Gasteiger partial charge in [0.05, 0.1) is 5.56 Å². The number of carboxylic acid groups (broad SMARTS) is 2. The highest BCUT2D eigenvalue weighted by Crippen LogP contribution is 2.35. The van der Waals surface area contributed by atoms with Gasteiger partial charge < -0.3 is 30.6 Å². The molecular formula is C31H36F6N6O6. The number of carboxylic acids is 2. The first-order chi connectivity index (χ1) is 23.0. The van der Waals surface area contributed by atoms with E-state index in [0.717, 1.165) is 12.1 Å². The number of piperidine rings is 1. The Morgan fingerprint density at radius 3 is 2.08 bits per heavy atom. The molecule has 2 atom stereocenters. The Morgan fingerprint density at radius 1 is 0.878 bits per heavy atom. The number of hydrogen-bond donors (Lipinski definition) is 4. The van der Waals surface area contributed by atoms with Gasteiger partial charge >= 0.3 is 24.3 Å². The fraction of sp³-hybridized carbons (Fsp3) is 0.548. The van der Waals surface area contributed by atoms with E-state index >= 15 is 0 Å². The summed E-state index contributed by atoms with van der Waals surface area (Å²) in [5, 5.41) is 23.0. The van der Waals surface area contributed by atoms with Crippen molar-refractivity contribution in [2.75, 3.05) is 36.0 Å².